The van der Waals surface area contributed by atoms with Gasteiger partial charge in [0, 0.05) is 29.8 Å². The normalized spacial score (nSPS) is 20.1. The Bertz CT molecular complexity index is 700. The van der Waals surface area contributed by atoms with E-state index in [1.165, 1.54) is 10.6 Å². The summed E-state index contributed by atoms with van der Waals surface area (Å²) in [5.41, 5.74) is 3.27. The Kier molecular flexibility index (Phi) is 3.04. The molecule has 2 aromatic heterocycles. The predicted octanol–water partition coefficient (Wildman–Crippen LogP) is 1.76. The number of anilines is 1. The number of nitrogens with one attached hydrogen (secondary N) is 1. The number of hydrogen-bond donors (Lipinski definition) is 1. The van der Waals surface area contributed by atoms with Crippen molar-refractivity contribution >= 4 is 22.4 Å². The standard InChI is InChI=1S/C14H16N4O2S/c1-18-9-4-5-11-12(8(9)7-15-18)16-14(21-11)17-13(19)10-3-2-6-20-10/h7,10H,2-6H2,1H3,(H,16,17,19)/t10-/m1/s1. The smallest absolute Gasteiger partial charge is 0.255 e. The summed E-state index contributed by atoms with van der Waals surface area (Å²) in [5.74, 6) is -0.0787. The van der Waals surface area contributed by atoms with E-state index >= 15 is 0 Å². The molecule has 2 aromatic rings. The first-order valence-electron chi connectivity index (χ1n) is 7.16. The van der Waals surface area contributed by atoms with Crippen molar-refractivity contribution in [3.05, 3.63) is 16.8 Å². The summed E-state index contributed by atoms with van der Waals surface area (Å²) in [4.78, 5) is 17.9. The molecule has 1 aliphatic carbocycles. The Balaban J connectivity index is 1.59. The second kappa shape index (κ2) is 4.92. The first-order valence-corrected chi connectivity index (χ1v) is 7.97. The molecular weight excluding hydrogens is 288 g/mol. The quantitative estimate of drug-likeness (QED) is 0.918. The van der Waals surface area contributed by atoms with Gasteiger partial charge in [0.25, 0.3) is 5.91 Å². The molecule has 1 aliphatic heterocycles. The summed E-state index contributed by atoms with van der Waals surface area (Å²) in [7, 11) is 1.95. The number of carbonyl (C=O) groups is 1. The molecule has 0 unspecified atom stereocenters. The van der Waals surface area contributed by atoms with Crippen LogP contribution in [0.3, 0.4) is 0 Å². The minimum absolute atomic E-state index is 0.0787. The number of rotatable bonds is 2. The Hall–Kier alpha value is -1.73. The van der Waals surface area contributed by atoms with Crippen LogP contribution in [0.1, 0.15) is 23.4 Å². The van der Waals surface area contributed by atoms with Crippen molar-refractivity contribution in [3.8, 4) is 11.3 Å². The highest BCUT2D eigenvalue weighted by Gasteiger charge is 2.27. The van der Waals surface area contributed by atoms with E-state index in [0.29, 0.717) is 11.7 Å². The van der Waals surface area contributed by atoms with E-state index in [4.69, 9.17) is 4.74 Å². The van der Waals surface area contributed by atoms with Crippen molar-refractivity contribution in [1.82, 2.24) is 14.8 Å². The second-order valence-electron chi connectivity index (χ2n) is 5.41. The van der Waals surface area contributed by atoms with E-state index in [2.05, 4.69) is 15.4 Å². The lowest BCUT2D eigenvalue weighted by atomic mass is 10.0. The average molecular weight is 304 g/mol. The van der Waals surface area contributed by atoms with E-state index in [1.807, 2.05) is 17.9 Å². The average Bonchev–Trinajstić information content (AvgIpc) is 3.17. The zero-order chi connectivity index (χ0) is 14.4. The van der Waals surface area contributed by atoms with Crippen molar-refractivity contribution in [1.29, 1.82) is 0 Å². The summed E-state index contributed by atoms with van der Waals surface area (Å²) in [6.07, 6.45) is 5.21. The van der Waals surface area contributed by atoms with Crippen molar-refractivity contribution in [2.45, 2.75) is 31.8 Å². The Labute approximate surface area is 126 Å². The molecule has 1 N–H and O–H groups in total. The minimum Gasteiger partial charge on any atom is -0.368 e. The fourth-order valence-electron chi connectivity index (χ4n) is 2.94. The molecule has 110 valence electrons. The monoisotopic (exact) mass is 304 g/mol. The topological polar surface area (TPSA) is 69.0 Å². The Morgan fingerprint density at radius 2 is 2.43 bits per heavy atom. The molecule has 1 atom stereocenters. The molecule has 7 heteroatoms. The zero-order valence-electron chi connectivity index (χ0n) is 11.8. The third-order valence-corrected chi connectivity index (χ3v) is 5.09. The molecule has 4 rings (SSSR count). The van der Waals surface area contributed by atoms with E-state index in [-0.39, 0.29) is 12.0 Å². The number of fused-ring (bicyclic) bond motifs is 3. The highest BCUT2D eigenvalue weighted by Crippen LogP contribution is 2.37. The molecule has 2 aliphatic rings. The highest BCUT2D eigenvalue weighted by atomic mass is 32.1. The molecule has 21 heavy (non-hydrogen) atoms. The van der Waals surface area contributed by atoms with Gasteiger partial charge in [0.1, 0.15) is 6.10 Å². The lowest BCUT2D eigenvalue weighted by Crippen LogP contribution is -2.26. The van der Waals surface area contributed by atoms with Gasteiger partial charge < -0.3 is 4.74 Å². The third-order valence-electron chi connectivity index (χ3n) is 4.06. The number of thiazole rings is 1. The molecule has 0 radical (unpaired) electrons. The number of carbonyl (C=O) groups excluding carboxylic acids is 1. The largest absolute Gasteiger partial charge is 0.368 e. The predicted molar refractivity (Wildman–Crippen MR) is 79.3 cm³/mol. The number of amides is 1. The lowest BCUT2D eigenvalue weighted by molar-refractivity contribution is -0.124. The number of ether oxygens (including phenoxy) is 1. The molecule has 3 heterocycles. The molecular formula is C14H16N4O2S. The Morgan fingerprint density at radius 1 is 1.52 bits per heavy atom. The van der Waals surface area contributed by atoms with Crippen molar-refractivity contribution in [2.24, 2.45) is 7.05 Å². The van der Waals surface area contributed by atoms with Crippen LogP contribution in [0.5, 0.6) is 0 Å². The molecule has 0 saturated carbocycles. The van der Waals surface area contributed by atoms with Gasteiger partial charge in [-0.3, -0.25) is 14.8 Å². The SMILES string of the molecule is Cn1ncc2c1CCc1sc(NC(=O)[C@H]3CCCO3)nc1-2. The molecule has 0 bridgehead atoms. The fraction of sp³-hybridized carbons (Fsp3) is 0.500. The molecule has 6 nitrogen and oxygen atoms in total. The van der Waals surface area contributed by atoms with Gasteiger partial charge in [0.15, 0.2) is 5.13 Å². The van der Waals surface area contributed by atoms with Gasteiger partial charge >= 0.3 is 0 Å². The maximum atomic E-state index is 12.1. The zero-order valence-corrected chi connectivity index (χ0v) is 12.6. The van der Waals surface area contributed by atoms with Crippen molar-refractivity contribution in [2.75, 3.05) is 11.9 Å². The second-order valence-corrected chi connectivity index (χ2v) is 6.49. The highest BCUT2D eigenvalue weighted by molar-refractivity contribution is 7.16. The van der Waals surface area contributed by atoms with Gasteiger partial charge in [-0.25, -0.2) is 4.98 Å². The molecule has 1 amide bonds. The van der Waals surface area contributed by atoms with Crippen LogP contribution in [0.25, 0.3) is 11.3 Å². The summed E-state index contributed by atoms with van der Waals surface area (Å²) < 4.78 is 7.31. The van der Waals surface area contributed by atoms with Crippen LogP contribution in [0.15, 0.2) is 6.20 Å². The Morgan fingerprint density at radius 3 is 3.24 bits per heavy atom. The molecule has 1 fully saturated rings. The number of hydrogen-bond acceptors (Lipinski definition) is 5. The number of aryl methyl sites for hydroxylation is 2. The summed E-state index contributed by atoms with van der Waals surface area (Å²) in [5, 5.41) is 7.86. The lowest BCUT2D eigenvalue weighted by Gasteiger charge is -2.10. The van der Waals surface area contributed by atoms with E-state index < -0.39 is 0 Å². The fourth-order valence-corrected chi connectivity index (χ4v) is 3.92. The van der Waals surface area contributed by atoms with Crippen LogP contribution in [0, 0.1) is 0 Å². The summed E-state index contributed by atoms with van der Waals surface area (Å²) >= 11 is 1.56. The van der Waals surface area contributed by atoms with Crippen LogP contribution in [0.4, 0.5) is 5.13 Å². The maximum Gasteiger partial charge on any atom is 0.255 e. The van der Waals surface area contributed by atoms with E-state index in [9.17, 15) is 4.79 Å². The van der Waals surface area contributed by atoms with Crippen LogP contribution in [-0.2, 0) is 29.4 Å². The molecule has 0 spiro atoms. The van der Waals surface area contributed by atoms with Crippen LogP contribution in [0.2, 0.25) is 0 Å². The minimum atomic E-state index is -0.320. The van der Waals surface area contributed by atoms with Gasteiger partial charge in [-0.15, -0.1) is 11.3 Å². The van der Waals surface area contributed by atoms with Crippen molar-refractivity contribution < 1.29 is 9.53 Å². The summed E-state index contributed by atoms with van der Waals surface area (Å²) in [6.45, 7) is 0.672. The summed E-state index contributed by atoms with van der Waals surface area (Å²) in [6, 6.07) is 0. The molecule has 0 aromatic carbocycles. The number of aromatic nitrogens is 3. The van der Waals surface area contributed by atoms with E-state index in [1.54, 1.807) is 11.3 Å². The molecule has 1 saturated heterocycles. The number of nitrogens with zero attached hydrogens (tertiary/aromatic N) is 3. The van der Waals surface area contributed by atoms with Gasteiger partial charge in [0.2, 0.25) is 0 Å². The van der Waals surface area contributed by atoms with Crippen LogP contribution in [-0.4, -0.2) is 33.4 Å². The van der Waals surface area contributed by atoms with Gasteiger partial charge in [-0.05, 0) is 25.7 Å². The van der Waals surface area contributed by atoms with Gasteiger partial charge in [-0.2, -0.15) is 5.10 Å². The first kappa shape index (κ1) is 13.0. The van der Waals surface area contributed by atoms with Crippen LogP contribution >= 0.6 is 11.3 Å². The van der Waals surface area contributed by atoms with E-state index in [0.717, 1.165) is 36.9 Å². The van der Waals surface area contributed by atoms with Gasteiger partial charge in [0.05, 0.1) is 11.9 Å². The van der Waals surface area contributed by atoms with Crippen molar-refractivity contribution in [3.63, 3.8) is 0 Å². The third kappa shape index (κ3) is 2.16. The maximum absolute atomic E-state index is 12.1. The first-order chi connectivity index (χ1) is 10.2. The van der Waals surface area contributed by atoms with Crippen LogP contribution < -0.4 is 5.32 Å². The van der Waals surface area contributed by atoms with Gasteiger partial charge in [-0.1, -0.05) is 0 Å².